The van der Waals surface area contributed by atoms with Crippen LogP contribution in [-0.4, -0.2) is 21.8 Å². The molecule has 1 unspecified atom stereocenters. The quantitative estimate of drug-likeness (QED) is 0.437. The summed E-state index contributed by atoms with van der Waals surface area (Å²) in [6.07, 6.45) is 14.5. The smallest absolute Gasteiger partial charge is 0.155 e. The largest absolute Gasteiger partial charge is 0.508 e. The summed E-state index contributed by atoms with van der Waals surface area (Å²) in [7, 11) is 0. The number of fused-ring (bicyclic) bond motifs is 6. The molecule has 4 nitrogen and oxygen atoms in total. The first-order valence-electron chi connectivity index (χ1n) is 14.7. The molecule has 0 radical (unpaired) electrons. The van der Waals surface area contributed by atoms with E-state index in [1.807, 2.05) is 24.3 Å². The van der Waals surface area contributed by atoms with Gasteiger partial charge in [-0.1, -0.05) is 31.6 Å². The summed E-state index contributed by atoms with van der Waals surface area (Å²) >= 11 is 0. The maximum Gasteiger partial charge on any atom is 0.155 e. The van der Waals surface area contributed by atoms with Gasteiger partial charge >= 0.3 is 0 Å². The average molecular weight is 515 g/mol. The Kier molecular flexibility index (Phi) is 7.53. The fraction of sp³-hybridized carbons (Fsp3) is 0.529. The number of ketones is 2. The molecule has 2 N–H and O–H groups in total. The lowest BCUT2D eigenvalue weighted by atomic mass is 9.60. The molecule has 1 fully saturated rings. The molecule has 0 spiro atoms. The SMILES string of the molecule is CCC12CCC(=O)C=C1CCCc1cc(O)ccc12.CC[C@@]12CCC(=O)C[C@@H]1CCCc1cc(O)ccc12. The highest BCUT2D eigenvalue weighted by Crippen LogP contribution is 2.51. The molecule has 0 aliphatic heterocycles. The van der Waals surface area contributed by atoms with E-state index in [1.54, 1.807) is 6.07 Å². The highest BCUT2D eigenvalue weighted by atomic mass is 16.3. The summed E-state index contributed by atoms with van der Waals surface area (Å²) in [4.78, 5) is 23.6. The highest BCUT2D eigenvalue weighted by Gasteiger charge is 2.45. The third-order valence-corrected chi connectivity index (χ3v) is 10.2. The molecule has 4 aliphatic carbocycles. The van der Waals surface area contributed by atoms with Crippen LogP contribution in [0.1, 0.15) is 107 Å². The summed E-state index contributed by atoms with van der Waals surface area (Å²) < 4.78 is 0. The Morgan fingerprint density at radius 3 is 2.18 bits per heavy atom. The van der Waals surface area contributed by atoms with Crippen molar-refractivity contribution in [1.29, 1.82) is 0 Å². The first kappa shape index (κ1) is 26.7. The second kappa shape index (κ2) is 10.7. The minimum atomic E-state index is 0.0352. The standard InChI is InChI=1S/C17H22O2.C17H20O2/c2*1-2-17-9-8-15(19)11-13(17)5-3-4-12-10-14(18)6-7-16(12)17/h6-7,10,13,18H,2-5,8-9,11H2,1H3;6-7,10-11,18H,2-5,8-9H2,1H3/t13-,17+;/m0./s1. The van der Waals surface area contributed by atoms with Gasteiger partial charge in [0.2, 0.25) is 0 Å². The van der Waals surface area contributed by atoms with E-state index >= 15 is 0 Å². The number of rotatable bonds is 2. The number of Topliss-reactive ketones (excluding diaryl/α,β-unsaturated/α-hetero) is 1. The molecule has 38 heavy (non-hydrogen) atoms. The Labute approximate surface area is 227 Å². The number of phenolic OH excluding ortho intramolecular Hbond substituents is 2. The lowest BCUT2D eigenvalue weighted by Crippen LogP contribution is -2.40. The molecule has 4 aliphatic rings. The Bertz CT molecular complexity index is 1260. The van der Waals surface area contributed by atoms with Crippen LogP contribution in [0.2, 0.25) is 0 Å². The molecule has 0 saturated heterocycles. The van der Waals surface area contributed by atoms with Crippen LogP contribution < -0.4 is 0 Å². The van der Waals surface area contributed by atoms with Crippen LogP contribution in [0, 0.1) is 5.92 Å². The summed E-state index contributed by atoms with van der Waals surface area (Å²) in [5.74, 6) is 1.95. The Morgan fingerprint density at radius 2 is 1.47 bits per heavy atom. The summed E-state index contributed by atoms with van der Waals surface area (Å²) in [6, 6.07) is 11.6. The minimum Gasteiger partial charge on any atom is -0.508 e. The fourth-order valence-corrected chi connectivity index (χ4v) is 8.18. The predicted molar refractivity (Wildman–Crippen MR) is 151 cm³/mol. The van der Waals surface area contributed by atoms with Gasteiger partial charge in [0.05, 0.1) is 0 Å². The van der Waals surface area contributed by atoms with Crippen LogP contribution in [0.15, 0.2) is 48.0 Å². The van der Waals surface area contributed by atoms with Crippen molar-refractivity contribution in [3.8, 4) is 11.5 Å². The molecule has 0 heterocycles. The first-order valence-corrected chi connectivity index (χ1v) is 14.7. The number of aromatic hydroxyl groups is 2. The van der Waals surface area contributed by atoms with E-state index in [0.29, 0.717) is 29.6 Å². The van der Waals surface area contributed by atoms with Crippen molar-refractivity contribution in [3.63, 3.8) is 0 Å². The lowest BCUT2D eigenvalue weighted by Gasteiger charge is -2.43. The van der Waals surface area contributed by atoms with Gasteiger partial charge in [-0.2, -0.15) is 0 Å². The van der Waals surface area contributed by atoms with Gasteiger partial charge in [-0.15, -0.1) is 0 Å². The van der Waals surface area contributed by atoms with E-state index < -0.39 is 0 Å². The third kappa shape index (κ3) is 4.72. The molecule has 2 aromatic carbocycles. The number of hydrogen-bond acceptors (Lipinski definition) is 4. The van der Waals surface area contributed by atoms with Gasteiger partial charge < -0.3 is 10.2 Å². The van der Waals surface area contributed by atoms with E-state index in [-0.39, 0.29) is 16.6 Å². The summed E-state index contributed by atoms with van der Waals surface area (Å²) in [6.45, 7) is 4.47. The molecule has 4 heteroatoms. The van der Waals surface area contributed by atoms with Crippen molar-refractivity contribution < 1.29 is 19.8 Å². The molecular weight excluding hydrogens is 472 g/mol. The molecule has 6 rings (SSSR count). The van der Waals surface area contributed by atoms with Crippen molar-refractivity contribution in [1.82, 2.24) is 0 Å². The van der Waals surface area contributed by atoms with E-state index in [0.717, 1.165) is 77.0 Å². The van der Waals surface area contributed by atoms with Crippen LogP contribution >= 0.6 is 0 Å². The van der Waals surface area contributed by atoms with Crippen LogP contribution in [0.4, 0.5) is 0 Å². The van der Waals surface area contributed by atoms with Crippen molar-refractivity contribution in [3.05, 3.63) is 70.3 Å². The van der Waals surface area contributed by atoms with E-state index in [1.165, 1.54) is 27.8 Å². The zero-order valence-corrected chi connectivity index (χ0v) is 23.0. The topological polar surface area (TPSA) is 74.6 Å². The lowest BCUT2D eigenvalue weighted by molar-refractivity contribution is -0.123. The maximum absolute atomic E-state index is 11.8. The number of phenols is 2. The first-order chi connectivity index (χ1) is 18.3. The predicted octanol–water partition coefficient (Wildman–Crippen LogP) is 7.41. The van der Waals surface area contributed by atoms with E-state index in [9.17, 15) is 19.8 Å². The molecule has 0 aromatic heterocycles. The fourth-order valence-electron chi connectivity index (χ4n) is 8.18. The summed E-state index contributed by atoms with van der Waals surface area (Å²) in [5, 5.41) is 19.4. The highest BCUT2D eigenvalue weighted by molar-refractivity contribution is 5.92. The second-order valence-electron chi connectivity index (χ2n) is 11.9. The molecule has 202 valence electrons. The third-order valence-electron chi connectivity index (χ3n) is 10.2. The van der Waals surface area contributed by atoms with Gasteiger partial charge in [0, 0.05) is 24.7 Å². The molecule has 3 atom stereocenters. The number of hydrogen-bond donors (Lipinski definition) is 2. The number of benzene rings is 2. The Morgan fingerprint density at radius 1 is 0.789 bits per heavy atom. The van der Waals surface area contributed by atoms with Gasteiger partial charge in [-0.3, -0.25) is 9.59 Å². The van der Waals surface area contributed by atoms with Gasteiger partial charge in [0.15, 0.2) is 5.78 Å². The molecule has 0 amide bonds. The second-order valence-corrected chi connectivity index (χ2v) is 11.9. The van der Waals surface area contributed by atoms with Crippen LogP contribution in [0.3, 0.4) is 0 Å². The normalized spacial score (nSPS) is 28.3. The maximum atomic E-state index is 11.8. The van der Waals surface area contributed by atoms with Crippen molar-refractivity contribution >= 4 is 11.6 Å². The van der Waals surface area contributed by atoms with Crippen LogP contribution in [-0.2, 0) is 33.3 Å². The number of carbonyl (C=O) groups is 2. The monoisotopic (exact) mass is 514 g/mol. The van der Waals surface area contributed by atoms with Crippen molar-refractivity contribution in [2.45, 2.75) is 108 Å². The molecule has 2 aromatic rings. The Balaban J connectivity index is 0.000000155. The van der Waals surface area contributed by atoms with Crippen molar-refractivity contribution in [2.75, 3.05) is 0 Å². The molecule has 1 saturated carbocycles. The van der Waals surface area contributed by atoms with Gasteiger partial charge in [-0.25, -0.2) is 0 Å². The van der Waals surface area contributed by atoms with Crippen LogP contribution in [0.5, 0.6) is 11.5 Å². The van der Waals surface area contributed by atoms with E-state index in [2.05, 4.69) is 26.0 Å². The number of aryl methyl sites for hydroxylation is 2. The minimum absolute atomic E-state index is 0.0352. The van der Waals surface area contributed by atoms with Crippen molar-refractivity contribution in [2.24, 2.45) is 5.92 Å². The van der Waals surface area contributed by atoms with Gasteiger partial charge in [0.25, 0.3) is 0 Å². The zero-order valence-electron chi connectivity index (χ0n) is 23.0. The summed E-state index contributed by atoms with van der Waals surface area (Å²) in [5.41, 5.74) is 6.83. The van der Waals surface area contributed by atoms with Crippen LogP contribution in [0.25, 0.3) is 0 Å². The zero-order chi connectivity index (χ0) is 26.9. The van der Waals surface area contributed by atoms with E-state index in [4.69, 9.17) is 0 Å². The molecular formula is C34H42O4. The average Bonchev–Trinajstić information content (AvgIpc) is 3.16. The molecule has 0 bridgehead atoms. The van der Waals surface area contributed by atoms with Gasteiger partial charge in [-0.05, 0) is 128 Å². The number of carbonyl (C=O) groups excluding carboxylic acids is 2. The Hall–Kier alpha value is -2.88. The van der Waals surface area contributed by atoms with Gasteiger partial charge in [0.1, 0.15) is 17.3 Å². The number of allylic oxidation sites excluding steroid dienone is 2.